The van der Waals surface area contributed by atoms with Crippen molar-refractivity contribution in [1.29, 1.82) is 0 Å². The molecule has 0 amide bonds. The van der Waals surface area contributed by atoms with Crippen LogP contribution in [0.25, 0.3) is 10.6 Å². The third kappa shape index (κ3) is 347. The number of hydrogen-bond donors (Lipinski definition) is 0. The van der Waals surface area contributed by atoms with Crippen molar-refractivity contribution in [1.82, 2.24) is 0 Å². The molecule has 36 heteroatoms. The Morgan fingerprint density at radius 2 is 0.392 bits per heavy atom. The van der Waals surface area contributed by atoms with E-state index in [2.05, 4.69) is 329 Å². The molecule has 17 nitrogen and oxygen atoms in total. The Kier molecular flexibility index (Phi) is 180. The Morgan fingerprint density at radius 3 is 0.446 bits per heavy atom. The summed E-state index contributed by atoms with van der Waals surface area (Å²) in [6.07, 6.45) is 33.6. The van der Waals surface area contributed by atoms with E-state index in [0.717, 1.165) is 225 Å². The maximum absolute atomic E-state index is 5.03. The molecule has 2 radical (unpaired) electrons. The molecule has 14 fully saturated rings. The molecule has 0 saturated carbocycles. The smallest absolute Gasteiger partial charge is 0 e. The molecule has 0 aromatic rings. The number of nitrogens with zero attached hydrogens (tertiary/aromatic N) is 3. The van der Waals surface area contributed by atoms with Gasteiger partial charge in [0.2, 0.25) is 0 Å². The molecule has 14 aliphatic rings. The van der Waals surface area contributed by atoms with Gasteiger partial charge in [-0.3, -0.25) is 4.99 Å². The minimum Gasteiger partial charge on any atom is 0 e. The van der Waals surface area contributed by atoms with E-state index < -0.39 is 90.2 Å². The molecule has 0 aromatic carbocycles. The SMILES string of the molecule is C1CCOC1.C1CCOC1.CC(=NC(C)C)PC(C)C.CC([N-]C(C)C)=[PH+]C(C)C.CC([N-]C(C)C)=[PH+]C(C)C.[CH-]1CCCO1.[CH-]1CCCO1.[CH-]1CCCO1.[CH-]1CCCO1.[CH-]1CCCO1.[CH-]1CCCO1.[CH-]1CCCO1.[CH-]1CCCO1.[CH-]1CCCO1.[CH-]1CCCO1.[CH-]1CCCO1.[CH-]1CCCO1.[CH2-][Si](C)(C)C.[CH2-][Si](C)(C)C.[CH2-][Si](C)(C)C.[CH2-][Si](C)(C)C.[CH2-][Si](C)(C)C.[CH2-][Si](C)(C)C.[CH2-][Si](C)(C)C.[CH2-][Si](C)(C)C.[Cl][La]([Cl])[Cl].[La+3].[La].[La].[Li+]. The van der Waals surface area contributed by atoms with Crippen LogP contribution in [0.2, 0.25) is 157 Å². The zero-order chi connectivity index (χ0) is 114. The van der Waals surface area contributed by atoms with Crippen molar-refractivity contribution in [3.63, 3.8) is 0 Å². The number of aliphatic imine (C=N–C) groups is 1. The van der Waals surface area contributed by atoms with Gasteiger partial charge in [0, 0.05) is 188 Å². The third-order valence-electron chi connectivity index (χ3n) is 12.9. The van der Waals surface area contributed by atoms with E-state index in [1.165, 1.54) is 119 Å². The van der Waals surface area contributed by atoms with Gasteiger partial charge >= 0.3 is 100 Å². The molecular weight excluding hydrogens is 2600 g/mol. The summed E-state index contributed by atoms with van der Waals surface area (Å²) in [4.78, 5) is 4.45. The van der Waals surface area contributed by atoms with Crippen molar-refractivity contribution in [2.75, 3.05) is 106 Å². The zero-order valence-corrected chi connectivity index (χ0v) is 132. The normalized spacial score (nSPS) is 17.6. The van der Waals surface area contributed by atoms with E-state index in [-0.39, 0.29) is 126 Å². The van der Waals surface area contributed by atoms with Crippen molar-refractivity contribution in [2.45, 2.75) is 476 Å². The van der Waals surface area contributed by atoms with Crippen LogP contribution >= 0.6 is 45.4 Å². The van der Waals surface area contributed by atoms with Crippen molar-refractivity contribution in [2.24, 2.45) is 4.99 Å². The summed E-state index contributed by atoms with van der Waals surface area (Å²) in [6, 6.07) is 1.39. The molecule has 148 heavy (non-hydrogen) atoms. The molecule has 0 aliphatic carbocycles. The predicted octanol–water partition coefficient (Wildman–Crippen LogP) is 34.7. The summed E-state index contributed by atoms with van der Waals surface area (Å²) in [5.74, 6) is 0. The van der Waals surface area contributed by atoms with Crippen molar-refractivity contribution < 1.29 is 218 Å². The Balaban J connectivity index is -0.0000000877. The summed E-state index contributed by atoms with van der Waals surface area (Å²) in [5.41, 5.74) is 6.23. The second-order valence-electron chi connectivity index (χ2n) is 46.8. The van der Waals surface area contributed by atoms with Crippen LogP contribution in [0, 0.1) is 264 Å². The van der Waals surface area contributed by atoms with Crippen molar-refractivity contribution in [3.05, 3.63) is 142 Å². The molecule has 3 atom stereocenters. The zero-order valence-electron chi connectivity index (χ0n) is 105. The van der Waals surface area contributed by atoms with Gasteiger partial charge in [-0.15, -0.1) is 76.7 Å². The fraction of sp³-hybridized carbons (Fsp3) is 0.795. The largest absolute Gasteiger partial charge is 3.00 e. The standard InChI is InChI=1S/C8H18NP.2C8H17NP.2C4H8O.12C4H7O.8C4H11Si.3ClH.4La.Li/c3*1-6(2)9-8(5)10-7(3)4;14*1-2-4-5-3-1;8*1-5(2,3)4;;;;;;;;/h6-7,10H,1-5H3;2*6-7H,1-5H3;2*1-4H2;12*3H,1-2,4H2;8*1H2,2-4H3;3*1H;;;;;/q;2*-1;;;20*-1;;;;;;2*+3;+1/p-1. The van der Waals surface area contributed by atoms with Gasteiger partial charge < -0.3 is 129 Å². The van der Waals surface area contributed by atoms with Crippen LogP contribution in [0.1, 0.15) is 284 Å². The second kappa shape index (κ2) is 140. The molecule has 0 N–H and O–H groups in total. The molecule has 886 valence electrons. The van der Waals surface area contributed by atoms with Crippen LogP contribution < -0.4 is 18.9 Å². The first-order chi connectivity index (χ1) is 66.3. The Hall–Kier alpha value is 7.78. The first-order valence-electron chi connectivity index (χ1n) is 54.3. The number of hydrogen-bond acceptors (Lipinski definition) is 15. The first kappa shape index (κ1) is 191. The van der Waals surface area contributed by atoms with Crippen molar-refractivity contribution >= 4 is 126 Å². The second-order valence-corrected chi connectivity index (χ2v) is 110. The molecule has 14 aliphatic heterocycles. The minimum absolute atomic E-state index is 0. The quantitative estimate of drug-likeness (QED) is 0.0924. The van der Waals surface area contributed by atoms with Crippen LogP contribution in [0.4, 0.5) is 0 Å². The summed E-state index contributed by atoms with van der Waals surface area (Å²) in [7, 11) is -4.17. The maximum atomic E-state index is 5.03. The molecule has 14 rings (SSSR count). The van der Waals surface area contributed by atoms with Gasteiger partial charge in [-0.25, -0.2) is 79.3 Å². The molecule has 0 aromatic heterocycles. The van der Waals surface area contributed by atoms with Crippen LogP contribution in [-0.4, -0.2) is 222 Å². The van der Waals surface area contributed by atoms with Gasteiger partial charge in [0.05, 0.1) is 16.4 Å². The summed E-state index contributed by atoms with van der Waals surface area (Å²) < 4.78 is 67.7. The average molecular weight is 2840 g/mol. The molecule has 14 heterocycles. The van der Waals surface area contributed by atoms with Crippen LogP contribution in [0.5, 0.6) is 0 Å². The summed E-state index contributed by atoms with van der Waals surface area (Å²) in [6.45, 7) is 170. The summed E-state index contributed by atoms with van der Waals surface area (Å²) >= 11 is -2.31. The minimum atomic E-state index is -2.31. The number of rotatable bonds is 9. The molecule has 14 saturated heterocycles. The van der Waals surface area contributed by atoms with Gasteiger partial charge in [0.15, 0.2) is 0 Å². The third-order valence-corrected chi connectivity index (χ3v) is 16.3. The van der Waals surface area contributed by atoms with E-state index in [9.17, 15) is 0 Å². The van der Waals surface area contributed by atoms with Crippen LogP contribution in [0.3, 0.4) is 0 Å². The molecule has 3 unspecified atom stereocenters. The Labute approximate surface area is 1060 Å². The van der Waals surface area contributed by atoms with Gasteiger partial charge in [0.1, 0.15) is 11.3 Å². The topological polar surface area (TPSA) is 170 Å². The Morgan fingerprint density at radius 1 is 0.270 bits per heavy atom. The van der Waals surface area contributed by atoms with Gasteiger partial charge in [-0.2, -0.15) is 77.0 Å². The molecule has 0 spiro atoms. The first-order valence-corrected chi connectivity index (χ1v) is 101. The van der Waals surface area contributed by atoms with E-state index in [0.29, 0.717) is 18.1 Å². The predicted molar refractivity (Wildman–Crippen MR) is 678 cm³/mol. The number of ether oxygens (including phenoxy) is 14. The van der Waals surface area contributed by atoms with Gasteiger partial charge in [-0.1, -0.05) is 284 Å². The maximum Gasteiger partial charge on any atom is 3.00 e. The monoisotopic (exact) mass is 2840 g/mol. The van der Waals surface area contributed by atoms with E-state index >= 15 is 0 Å². The van der Waals surface area contributed by atoms with E-state index in [1.807, 2.05) is 79.3 Å². The fourth-order valence-corrected chi connectivity index (χ4v) is 12.1. The molecular formula is C112H242Cl3La4LiN3O14P3Si8-16. The van der Waals surface area contributed by atoms with Crippen LogP contribution in [-0.2, 0) is 66.3 Å². The van der Waals surface area contributed by atoms with E-state index in [4.69, 9.17) is 86.7 Å². The fourth-order valence-electron chi connectivity index (χ4n) is 8.55. The average Bonchev–Trinajstić information content (AvgIpc) is 1.93. The van der Waals surface area contributed by atoms with Crippen LogP contribution in [0.15, 0.2) is 4.99 Å². The molecule has 0 bridgehead atoms. The number of halogens is 3. The van der Waals surface area contributed by atoms with Crippen molar-refractivity contribution in [3.8, 4) is 0 Å². The van der Waals surface area contributed by atoms with E-state index in [1.54, 1.807) is 0 Å². The summed E-state index contributed by atoms with van der Waals surface area (Å²) in [5, 5.41) is 8.89. The van der Waals surface area contributed by atoms with Gasteiger partial charge in [0.25, 0.3) is 0 Å². The Bertz CT molecular complexity index is 1850. The van der Waals surface area contributed by atoms with Gasteiger partial charge in [-0.05, 0) is 104 Å².